The minimum atomic E-state index is 0.322. The second-order valence-electron chi connectivity index (χ2n) is 6.39. The zero-order valence-corrected chi connectivity index (χ0v) is 13.9. The third-order valence-electron chi connectivity index (χ3n) is 3.57. The van der Waals surface area contributed by atoms with Crippen LogP contribution >= 0.6 is 0 Å². The van der Waals surface area contributed by atoms with Crippen LogP contribution in [0.1, 0.15) is 33.3 Å². The summed E-state index contributed by atoms with van der Waals surface area (Å²) in [5.74, 6) is 0.866. The maximum Gasteiger partial charge on any atom is 0.125 e. The second-order valence-corrected chi connectivity index (χ2v) is 6.39. The number of phenolic OH excluding ortho intramolecular Hbond substituents is 1. The Balaban J connectivity index is 0.000000396. The van der Waals surface area contributed by atoms with Crippen LogP contribution in [0.25, 0.3) is 16.8 Å². The molecule has 0 saturated heterocycles. The van der Waals surface area contributed by atoms with Crippen molar-refractivity contribution in [1.82, 2.24) is 0 Å². The van der Waals surface area contributed by atoms with Gasteiger partial charge in [0.15, 0.2) is 0 Å². The molecule has 2 N–H and O–H groups in total. The Bertz CT molecular complexity index is 709. The van der Waals surface area contributed by atoms with Crippen LogP contribution in [0.4, 0.5) is 5.69 Å². The van der Waals surface area contributed by atoms with Gasteiger partial charge in [-0.05, 0) is 36.8 Å². The molecule has 2 heteroatoms. The minimum absolute atomic E-state index is 0.322. The molecular formula is C20H25NO. The predicted octanol–water partition coefficient (Wildman–Crippen LogP) is 5.59. The van der Waals surface area contributed by atoms with E-state index in [1.165, 1.54) is 5.57 Å². The van der Waals surface area contributed by atoms with Gasteiger partial charge in [0.05, 0.1) is 5.69 Å². The van der Waals surface area contributed by atoms with E-state index in [4.69, 9.17) is 0 Å². The first kappa shape index (κ1) is 16.2. The predicted molar refractivity (Wildman–Crippen MR) is 97.4 cm³/mol. The smallest absolute Gasteiger partial charge is 0.125 e. The number of nitrogens with one attached hydrogen (secondary N) is 1. The van der Waals surface area contributed by atoms with Crippen molar-refractivity contribution < 1.29 is 5.11 Å². The molecule has 2 aromatic carbocycles. The summed E-state index contributed by atoms with van der Waals surface area (Å²) in [5, 5.41) is 15.6. The largest absolute Gasteiger partial charge is 0.507 e. The van der Waals surface area contributed by atoms with Crippen molar-refractivity contribution >= 4 is 22.5 Å². The number of fused-ring (bicyclic) bond motifs is 3. The maximum atomic E-state index is 10.1. The van der Waals surface area contributed by atoms with Crippen LogP contribution in [0.5, 0.6) is 5.75 Å². The number of anilines is 1. The average Bonchev–Trinajstić information content (AvgIpc) is 2.45. The fourth-order valence-corrected chi connectivity index (χ4v) is 2.48. The van der Waals surface area contributed by atoms with Crippen LogP contribution in [0.3, 0.4) is 0 Å². The summed E-state index contributed by atoms with van der Waals surface area (Å²) in [6, 6.07) is 10.1. The molecule has 22 heavy (non-hydrogen) atoms. The van der Waals surface area contributed by atoms with Crippen LogP contribution in [0.15, 0.2) is 48.6 Å². The van der Waals surface area contributed by atoms with Crippen LogP contribution < -0.4 is 5.32 Å². The number of allylic oxidation sites excluding steroid dienone is 1. The van der Waals surface area contributed by atoms with Gasteiger partial charge in [-0.1, -0.05) is 55.8 Å². The number of hydrogen-bond acceptors (Lipinski definition) is 2. The van der Waals surface area contributed by atoms with Gasteiger partial charge in [0.25, 0.3) is 0 Å². The van der Waals surface area contributed by atoms with E-state index in [2.05, 4.69) is 50.0 Å². The molecule has 1 heterocycles. The molecule has 0 spiro atoms. The molecule has 2 nitrogen and oxygen atoms in total. The van der Waals surface area contributed by atoms with Crippen molar-refractivity contribution in [2.45, 2.75) is 33.7 Å². The number of aromatic hydroxyl groups is 1. The maximum absolute atomic E-state index is 10.1. The molecule has 0 fully saturated rings. The summed E-state index contributed by atoms with van der Waals surface area (Å²) in [4.78, 5) is 0. The highest BCUT2D eigenvalue weighted by Crippen LogP contribution is 2.37. The molecule has 1 aliphatic heterocycles. The first-order chi connectivity index (χ1) is 10.4. The third kappa shape index (κ3) is 3.51. The standard InChI is InChI=1S/C16H17NO.C4H8/c1-10(2)13-9-8-12-7-6-11-4-3-5-14(18)15(11)16(12)17-13;1-4(2)3/h3-10,13,17-18H,1-2H3;1H2,2-3H3. The summed E-state index contributed by atoms with van der Waals surface area (Å²) in [6.07, 6.45) is 4.33. The van der Waals surface area contributed by atoms with E-state index in [1.807, 2.05) is 26.0 Å². The Labute approximate surface area is 133 Å². The van der Waals surface area contributed by atoms with E-state index >= 15 is 0 Å². The fraction of sp³-hybridized carbons (Fsp3) is 0.300. The molecule has 1 aliphatic rings. The lowest BCUT2D eigenvalue weighted by atomic mass is 9.94. The molecule has 0 saturated carbocycles. The van der Waals surface area contributed by atoms with E-state index in [1.54, 1.807) is 6.07 Å². The molecule has 116 valence electrons. The Morgan fingerprint density at radius 1 is 1.18 bits per heavy atom. The van der Waals surface area contributed by atoms with E-state index in [-0.39, 0.29) is 0 Å². The quantitative estimate of drug-likeness (QED) is 0.672. The zero-order chi connectivity index (χ0) is 16.3. The number of hydrogen-bond donors (Lipinski definition) is 2. The first-order valence-electron chi connectivity index (χ1n) is 7.71. The van der Waals surface area contributed by atoms with Gasteiger partial charge in [-0.15, -0.1) is 6.58 Å². The summed E-state index contributed by atoms with van der Waals surface area (Å²) < 4.78 is 0. The Morgan fingerprint density at radius 2 is 1.86 bits per heavy atom. The van der Waals surface area contributed by atoms with Gasteiger partial charge < -0.3 is 10.4 Å². The van der Waals surface area contributed by atoms with E-state index in [9.17, 15) is 5.11 Å². The molecule has 2 aromatic rings. The summed E-state index contributed by atoms with van der Waals surface area (Å²) >= 11 is 0. The molecule has 1 atom stereocenters. The van der Waals surface area contributed by atoms with Gasteiger partial charge in [0.2, 0.25) is 0 Å². The zero-order valence-electron chi connectivity index (χ0n) is 13.9. The van der Waals surface area contributed by atoms with Gasteiger partial charge >= 0.3 is 0 Å². The molecule has 3 rings (SSSR count). The Hall–Kier alpha value is -2.22. The number of phenols is 1. The monoisotopic (exact) mass is 295 g/mol. The van der Waals surface area contributed by atoms with Crippen LogP contribution in [0.2, 0.25) is 0 Å². The lowest BCUT2D eigenvalue weighted by Gasteiger charge is -2.26. The van der Waals surface area contributed by atoms with Gasteiger partial charge in [0, 0.05) is 11.4 Å². The van der Waals surface area contributed by atoms with Crippen molar-refractivity contribution in [3.05, 3.63) is 54.1 Å². The van der Waals surface area contributed by atoms with Crippen molar-refractivity contribution in [2.24, 2.45) is 5.92 Å². The lowest BCUT2D eigenvalue weighted by molar-refractivity contribution is 0.481. The molecular weight excluding hydrogens is 270 g/mol. The molecule has 1 unspecified atom stereocenters. The number of benzene rings is 2. The molecule has 0 bridgehead atoms. The molecule has 0 aliphatic carbocycles. The normalized spacial score (nSPS) is 15.8. The van der Waals surface area contributed by atoms with Gasteiger partial charge in [-0.2, -0.15) is 0 Å². The third-order valence-corrected chi connectivity index (χ3v) is 3.57. The highest BCUT2D eigenvalue weighted by atomic mass is 16.3. The van der Waals surface area contributed by atoms with E-state index in [0.29, 0.717) is 17.7 Å². The summed E-state index contributed by atoms with van der Waals surface area (Å²) in [7, 11) is 0. The Kier molecular flexibility index (Phi) is 4.92. The van der Waals surface area contributed by atoms with Gasteiger partial charge in [-0.3, -0.25) is 0 Å². The minimum Gasteiger partial charge on any atom is -0.507 e. The lowest BCUT2D eigenvalue weighted by Crippen LogP contribution is -2.25. The highest BCUT2D eigenvalue weighted by Gasteiger charge is 2.18. The van der Waals surface area contributed by atoms with Gasteiger partial charge in [0.1, 0.15) is 5.75 Å². The highest BCUT2D eigenvalue weighted by molar-refractivity contribution is 6.02. The average molecular weight is 295 g/mol. The summed E-state index contributed by atoms with van der Waals surface area (Å²) in [5.41, 5.74) is 3.35. The fourth-order valence-electron chi connectivity index (χ4n) is 2.48. The van der Waals surface area contributed by atoms with Crippen LogP contribution in [-0.2, 0) is 0 Å². The van der Waals surface area contributed by atoms with E-state index in [0.717, 1.165) is 22.0 Å². The first-order valence-corrected chi connectivity index (χ1v) is 7.71. The molecule has 0 radical (unpaired) electrons. The van der Waals surface area contributed by atoms with Crippen molar-refractivity contribution in [2.75, 3.05) is 5.32 Å². The van der Waals surface area contributed by atoms with Crippen LogP contribution in [0, 0.1) is 5.92 Å². The SMILES string of the molecule is C=C(C)C.CC(C)C1C=Cc2ccc3cccc(O)c3c2N1. The van der Waals surface area contributed by atoms with Crippen molar-refractivity contribution in [3.63, 3.8) is 0 Å². The van der Waals surface area contributed by atoms with Crippen molar-refractivity contribution in [3.8, 4) is 5.75 Å². The summed E-state index contributed by atoms with van der Waals surface area (Å²) in [6.45, 7) is 11.9. The molecule has 0 aromatic heterocycles. The van der Waals surface area contributed by atoms with Crippen molar-refractivity contribution in [1.29, 1.82) is 0 Å². The van der Waals surface area contributed by atoms with Crippen LogP contribution in [-0.4, -0.2) is 11.1 Å². The second kappa shape index (κ2) is 6.69. The van der Waals surface area contributed by atoms with Gasteiger partial charge in [-0.25, -0.2) is 0 Å². The number of rotatable bonds is 1. The molecule has 0 amide bonds. The Morgan fingerprint density at radius 3 is 2.50 bits per heavy atom. The topological polar surface area (TPSA) is 32.3 Å². The van der Waals surface area contributed by atoms with E-state index < -0.39 is 0 Å².